The van der Waals surface area contributed by atoms with E-state index in [0.29, 0.717) is 15.8 Å². The number of aliphatic carboxylic acids is 1. The highest BCUT2D eigenvalue weighted by molar-refractivity contribution is 8.00. The molecule has 0 atom stereocenters. The Bertz CT molecular complexity index is 1400. The molecule has 0 radical (unpaired) electrons. The summed E-state index contributed by atoms with van der Waals surface area (Å²) in [6.45, 7) is 0. The Morgan fingerprint density at radius 3 is 2.41 bits per heavy atom. The number of halogens is 2. The van der Waals surface area contributed by atoms with Crippen molar-refractivity contribution in [2.45, 2.75) is 14.7 Å². The molecule has 0 aliphatic rings. The van der Waals surface area contributed by atoms with Gasteiger partial charge in [0.15, 0.2) is 5.75 Å². The number of aromatic nitrogens is 2. The molecule has 32 heavy (non-hydrogen) atoms. The summed E-state index contributed by atoms with van der Waals surface area (Å²) in [5.41, 5.74) is 0.497. The Morgan fingerprint density at radius 1 is 1.09 bits per heavy atom. The largest absolute Gasteiger partial charge is 0.481 e. The van der Waals surface area contributed by atoms with Crippen molar-refractivity contribution < 1.29 is 23.2 Å². The number of carboxylic acid groups (broad SMARTS) is 1. The van der Waals surface area contributed by atoms with Crippen LogP contribution in [0.15, 0.2) is 81.8 Å². The highest BCUT2D eigenvalue weighted by atomic mass is 35.5. The molecule has 0 saturated heterocycles. The molecule has 2 heterocycles. The van der Waals surface area contributed by atoms with Crippen molar-refractivity contribution in [3.05, 3.63) is 77.2 Å². The molecule has 0 aliphatic heterocycles. The molecule has 0 aliphatic carbocycles. The van der Waals surface area contributed by atoms with Crippen molar-refractivity contribution in [3.8, 4) is 5.75 Å². The standard InChI is InChI=1S/C21H14Cl2N2O5S2/c22-16-9-13(31-12-20(26)27)10-17(23)21(16)30-25-11-19(15-3-1-2-4-18(15)25)32(28,29)14-5-7-24-8-6-14/h1-11H,12H2,(H,26,27). The van der Waals surface area contributed by atoms with Crippen molar-refractivity contribution in [1.82, 2.24) is 9.71 Å². The van der Waals surface area contributed by atoms with E-state index in [1.54, 1.807) is 24.3 Å². The van der Waals surface area contributed by atoms with Crippen molar-refractivity contribution in [2.24, 2.45) is 0 Å². The van der Waals surface area contributed by atoms with Crippen LogP contribution in [0.4, 0.5) is 0 Å². The fourth-order valence-corrected chi connectivity index (χ4v) is 5.81. The van der Waals surface area contributed by atoms with E-state index in [9.17, 15) is 13.2 Å². The average Bonchev–Trinajstić information content (AvgIpc) is 3.15. The smallest absolute Gasteiger partial charge is 0.313 e. The lowest BCUT2D eigenvalue weighted by Crippen LogP contribution is -2.05. The summed E-state index contributed by atoms with van der Waals surface area (Å²) in [4.78, 5) is 21.3. The molecule has 11 heteroatoms. The van der Waals surface area contributed by atoms with Gasteiger partial charge in [-0.1, -0.05) is 41.4 Å². The molecule has 7 nitrogen and oxygen atoms in total. The van der Waals surface area contributed by atoms with Gasteiger partial charge in [-0.05, 0) is 30.3 Å². The number of hydrogen-bond donors (Lipinski definition) is 1. The van der Waals surface area contributed by atoms with E-state index >= 15 is 0 Å². The molecule has 164 valence electrons. The fourth-order valence-electron chi connectivity index (χ4n) is 3.00. The van der Waals surface area contributed by atoms with Crippen LogP contribution < -0.4 is 4.84 Å². The van der Waals surface area contributed by atoms with Crippen molar-refractivity contribution in [2.75, 3.05) is 5.75 Å². The first-order chi connectivity index (χ1) is 15.3. The van der Waals surface area contributed by atoms with Gasteiger partial charge in [-0.15, -0.1) is 11.8 Å². The van der Waals surface area contributed by atoms with Gasteiger partial charge in [-0.3, -0.25) is 9.78 Å². The third kappa shape index (κ3) is 4.42. The zero-order chi connectivity index (χ0) is 22.9. The summed E-state index contributed by atoms with van der Waals surface area (Å²) in [5, 5.41) is 9.62. The van der Waals surface area contributed by atoms with E-state index in [2.05, 4.69) is 4.98 Å². The second-order valence-electron chi connectivity index (χ2n) is 6.51. The molecule has 4 rings (SSSR count). The Labute approximate surface area is 197 Å². The number of carboxylic acids is 1. The van der Waals surface area contributed by atoms with E-state index in [4.69, 9.17) is 33.1 Å². The van der Waals surface area contributed by atoms with E-state index in [-0.39, 0.29) is 31.3 Å². The number of benzene rings is 2. The third-order valence-electron chi connectivity index (χ3n) is 4.41. The topological polar surface area (TPSA) is 98.5 Å². The van der Waals surface area contributed by atoms with Crippen LogP contribution in [0.2, 0.25) is 10.0 Å². The molecule has 2 aromatic heterocycles. The first-order valence-electron chi connectivity index (χ1n) is 9.04. The van der Waals surface area contributed by atoms with Gasteiger partial charge in [-0.25, -0.2) is 8.42 Å². The van der Waals surface area contributed by atoms with Crippen LogP contribution in [-0.2, 0) is 14.6 Å². The van der Waals surface area contributed by atoms with Gasteiger partial charge in [0.2, 0.25) is 9.84 Å². The normalized spacial score (nSPS) is 11.6. The maximum atomic E-state index is 13.2. The summed E-state index contributed by atoms with van der Waals surface area (Å²) in [6, 6.07) is 12.8. The molecular weight excluding hydrogens is 495 g/mol. The number of nitrogens with zero attached hydrogens (tertiary/aromatic N) is 2. The van der Waals surface area contributed by atoms with E-state index < -0.39 is 15.8 Å². The minimum atomic E-state index is -3.85. The molecule has 0 amide bonds. The van der Waals surface area contributed by atoms with Gasteiger partial charge in [0.1, 0.15) is 4.90 Å². The van der Waals surface area contributed by atoms with Crippen molar-refractivity contribution in [3.63, 3.8) is 0 Å². The number of rotatable bonds is 7. The number of sulfone groups is 1. The van der Waals surface area contributed by atoms with E-state index in [1.165, 1.54) is 47.6 Å². The maximum Gasteiger partial charge on any atom is 0.313 e. The minimum Gasteiger partial charge on any atom is -0.481 e. The van der Waals surface area contributed by atoms with Crippen LogP contribution in [0, 0.1) is 0 Å². The molecule has 0 fully saturated rings. The molecular formula is C21H14Cl2N2O5S2. The minimum absolute atomic E-state index is 0.0557. The van der Waals surface area contributed by atoms with Crippen LogP contribution in [0.25, 0.3) is 10.9 Å². The highest BCUT2D eigenvalue weighted by Gasteiger charge is 2.24. The van der Waals surface area contributed by atoms with Gasteiger partial charge in [0.05, 0.1) is 32.4 Å². The van der Waals surface area contributed by atoms with Crippen LogP contribution in [0.3, 0.4) is 0 Å². The second-order valence-corrected chi connectivity index (χ2v) is 10.3. The van der Waals surface area contributed by atoms with Crippen molar-refractivity contribution in [1.29, 1.82) is 0 Å². The number of hydrogen-bond acceptors (Lipinski definition) is 6. The average molecular weight is 509 g/mol. The summed E-state index contributed by atoms with van der Waals surface area (Å²) in [5.74, 6) is -1.00. The lowest BCUT2D eigenvalue weighted by Gasteiger charge is -2.12. The lowest BCUT2D eigenvalue weighted by molar-refractivity contribution is -0.133. The molecule has 0 unspecified atom stereocenters. The summed E-state index contributed by atoms with van der Waals surface area (Å²) < 4.78 is 27.7. The molecule has 2 aromatic carbocycles. The lowest BCUT2D eigenvalue weighted by atomic mass is 10.2. The van der Waals surface area contributed by atoms with Gasteiger partial charge in [0.25, 0.3) is 0 Å². The number of fused-ring (bicyclic) bond motifs is 1. The zero-order valence-corrected chi connectivity index (χ0v) is 19.2. The Morgan fingerprint density at radius 2 is 1.75 bits per heavy atom. The molecule has 4 aromatic rings. The van der Waals surface area contributed by atoms with Crippen LogP contribution in [0.1, 0.15) is 0 Å². The Balaban J connectivity index is 1.77. The van der Waals surface area contributed by atoms with E-state index in [0.717, 1.165) is 11.8 Å². The van der Waals surface area contributed by atoms with Crippen LogP contribution >= 0.6 is 35.0 Å². The molecule has 1 N–H and O–H groups in total. The van der Waals surface area contributed by atoms with Gasteiger partial charge < -0.3 is 9.94 Å². The Kier molecular flexibility index (Phi) is 6.34. The van der Waals surface area contributed by atoms with Crippen LogP contribution in [0.5, 0.6) is 5.75 Å². The summed E-state index contributed by atoms with van der Waals surface area (Å²) >= 11 is 13.7. The summed E-state index contributed by atoms with van der Waals surface area (Å²) in [7, 11) is -3.85. The van der Waals surface area contributed by atoms with Gasteiger partial charge in [-0.2, -0.15) is 4.73 Å². The number of para-hydroxylation sites is 1. The highest BCUT2D eigenvalue weighted by Crippen LogP contribution is 2.39. The molecule has 0 spiro atoms. The van der Waals surface area contributed by atoms with Crippen molar-refractivity contribution >= 4 is 61.7 Å². The fraction of sp³-hybridized carbons (Fsp3) is 0.0476. The molecule has 0 saturated carbocycles. The predicted molar refractivity (Wildman–Crippen MR) is 122 cm³/mol. The number of thioether (sulfide) groups is 1. The number of carbonyl (C=O) groups is 1. The zero-order valence-electron chi connectivity index (χ0n) is 16.1. The predicted octanol–water partition coefficient (Wildman–Crippen LogP) is 5.19. The maximum absolute atomic E-state index is 13.2. The monoisotopic (exact) mass is 508 g/mol. The van der Waals surface area contributed by atoms with Gasteiger partial charge in [0, 0.05) is 22.7 Å². The van der Waals surface area contributed by atoms with E-state index in [1.807, 2.05) is 0 Å². The quantitative estimate of drug-likeness (QED) is 0.342. The second kappa shape index (κ2) is 9.03. The Hall–Kier alpha value is -2.72. The van der Waals surface area contributed by atoms with Gasteiger partial charge >= 0.3 is 5.97 Å². The third-order valence-corrected chi connectivity index (χ3v) is 7.73. The molecule has 0 bridgehead atoms. The number of pyridine rings is 1. The first-order valence-corrected chi connectivity index (χ1v) is 12.3. The van der Waals surface area contributed by atoms with Crippen LogP contribution in [-0.4, -0.2) is 35.0 Å². The summed E-state index contributed by atoms with van der Waals surface area (Å²) in [6.07, 6.45) is 4.18. The first kappa shape index (κ1) is 22.5. The SMILES string of the molecule is O=C(O)CSc1cc(Cl)c(On2cc(S(=O)(=O)c3ccncc3)c3ccccc32)c(Cl)c1.